The molecule has 2 aromatic rings. The maximum Gasteiger partial charge on any atom is 0.459 e. The first-order valence-electron chi connectivity index (χ1n) is 11.1. The van der Waals surface area contributed by atoms with Gasteiger partial charge in [-0.25, -0.2) is 9.36 Å². The van der Waals surface area contributed by atoms with E-state index >= 15 is 0 Å². The molecule has 1 aliphatic rings. The lowest BCUT2D eigenvalue weighted by Crippen LogP contribution is -2.37. The van der Waals surface area contributed by atoms with E-state index < -0.39 is 55.4 Å². The summed E-state index contributed by atoms with van der Waals surface area (Å²) in [5, 5.41) is 13.2. The van der Waals surface area contributed by atoms with Gasteiger partial charge in [0, 0.05) is 18.2 Å². The summed E-state index contributed by atoms with van der Waals surface area (Å²) in [6.45, 7) is 6.10. The first kappa shape index (κ1) is 26.8. The van der Waals surface area contributed by atoms with E-state index in [9.17, 15) is 24.1 Å². The topological polar surface area (TPSA) is 158 Å². The van der Waals surface area contributed by atoms with Crippen molar-refractivity contribution in [1.82, 2.24) is 14.6 Å². The molecule has 0 aliphatic carbocycles. The minimum atomic E-state index is -4.16. The molecule has 3 N–H and O–H groups in total. The zero-order valence-corrected chi connectivity index (χ0v) is 20.7. The van der Waals surface area contributed by atoms with Gasteiger partial charge in [0.2, 0.25) is 0 Å². The van der Waals surface area contributed by atoms with Crippen molar-refractivity contribution in [2.24, 2.45) is 5.92 Å². The number of carbonyl (C=O) groups is 1. The van der Waals surface area contributed by atoms with Crippen LogP contribution in [0, 0.1) is 5.92 Å². The predicted octanol–water partition coefficient (Wildman–Crippen LogP) is 1.56. The molecule has 1 aliphatic heterocycles. The van der Waals surface area contributed by atoms with E-state index in [0.29, 0.717) is 0 Å². The number of nitrogens with zero attached hydrogens (tertiary/aromatic N) is 1. The van der Waals surface area contributed by atoms with Crippen LogP contribution >= 0.6 is 7.75 Å². The number of aromatic nitrogens is 2. The standard InChI is InChI=1S/C22H30N3O9P/c1-13(2)32-21(28)15(4)24-35(30,34-16-8-6-5-7-9-16)31-12-17-19(27)14(3)20(33-17)25-11-10-18(26)23-22(25)29/h5-11,13-15,17,19-20,27H,12H2,1-4H3,(H,24,30)(H,23,26,29)/t14-,15-,17+,19-,20+,35+/m0/s1. The molecule has 0 amide bonds. The summed E-state index contributed by atoms with van der Waals surface area (Å²) in [7, 11) is -4.16. The second-order valence-electron chi connectivity index (χ2n) is 8.47. The number of aliphatic hydroxyl groups excluding tert-OH is 1. The number of ether oxygens (including phenoxy) is 2. The number of H-pyrrole nitrogens is 1. The van der Waals surface area contributed by atoms with Gasteiger partial charge in [-0.3, -0.25) is 23.7 Å². The van der Waals surface area contributed by atoms with Crippen LogP contribution in [0.2, 0.25) is 0 Å². The molecule has 1 saturated heterocycles. The SMILES string of the molecule is CC(C)OC(=O)[C@H](C)N[P@@](=O)(OC[C@H]1O[C@@H](n2ccc(=O)[nH]c2=O)[C@@H](C)[C@@H]1O)Oc1ccccc1. The van der Waals surface area contributed by atoms with Crippen molar-refractivity contribution in [3.8, 4) is 5.75 Å². The average Bonchev–Trinajstić information content (AvgIpc) is 3.06. The number of esters is 1. The summed E-state index contributed by atoms with van der Waals surface area (Å²) >= 11 is 0. The Morgan fingerprint density at radius 2 is 1.91 bits per heavy atom. The average molecular weight is 511 g/mol. The number of aromatic amines is 1. The van der Waals surface area contributed by atoms with Crippen LogP contribution in [0.5, 0.6) is 5.75 Å². The first-order chi connectivity index (χ1) is 16.5. The van der Waals surface area contributed by atoms with E-state index in [1.54, 1.807) is 51.1 Å². The highest BCUT2D eigenvalue weighted by Gasteiger charge is 2.44. The van der Waals surface area contributed by atoms with Gasteiger partial charge >= 0.3 is 19.4 Å². The maximum atomic E-state index is 13.6. The maximum absolute atomic E-state index is 13.6. The van der Waals surface area contributed by atoms with Crippen LogP contribution in [0.3, 0.4) is 0 Å². The number of para-hydroxylation sites is 1. The summed E-state index contributed by atoms with van der Waals surface area (Å²) in [5.74, 6) is -0.981. The van der Waals surface area contributed by atoms with Crippen LogP contribution in [-0.4, -0.2) is 51.6 Å². The summed E-state index contributed by atoms with van der Waals surface area (Å²) in [6.07, 6.45) is -2.08. The molecule has 12 nitrogen and oxygen atoms in total. The number of hydrogen-bond donors (Lipinski definition) is 3. The third-order valence-corrected chi connectivity index (χ3v) is 6.89. The minimum Gasteiger partial charge on any atom is -0.462 e. The normalized spacial score (nSPS) is 24.6. The van der Waals surface area contributed by atoms with Gasteiger partial charge in [0.25, 0.3) is 5.56 Å². The minimum absolute atomic E-state index is 0.228. The lowest BCUT2D eigenvalue weighted by Gasteiger charge is -2.25. The van der Waals surface area contributed by atoms with Crippen LogP contribution in [0.4, 0.5) is 0 Å². The first-order valence-corrected chi connectivity index (χ1v) is 12.7. The predicted molar refractivity (Wildman–Crippen MR) is 125 cm³/mol. The van der Waals surface area contributed by atoms with E-state index in [1.165, 1.54) is 13.1 Å². The Morgan fingerprint density at radius 3 is 2.54 bits per heavy atom. The van der Waals surface area contributed by atoms with E-state index in [1.807, 2.05) is 0 Å². The van der Waals surface area contributed by atoms with Gasteiger partial charge in [-0.05, 0) is 32.9 Å². The Hall–Kier alpha value is -2.76. The lowest BCUT2D eigenvalue weighted by molar-refractivity contribution is -0.149. The van der Waals surface area contributed by atoms with Crippen LogP contribution in [0.15, 0.2) is 52.2 Å². The molecule has 6 atom stereocenters. The van der Waals surface area contributed by atoms with Crippen molar-refractivity contribution in [3.63, 3.8) is 0 Å². The van der Waals surface area contributed by atoms with E-state index in [-0.39, 0.29) is 18.5 Å². The number of carbonyl (C=O) groups excluding carboxylic acids is 1. The molecule has 1 aromatic carbocycles. The van der Waals surface area contributed by atoms with Gasteiger partial charge in [0.05, 0.1) is 18.8 Å². The van der Waals surface area contributed by atoms with Crippen molar-refractivity contribution in [2.45, 2.75) is 58.3 Å². The molecule has 1 aromatic heterocycles. The Balaban J connectivity index is 1.75. The lowest BCUT2D eigenvalue weighted by atomic mass is 10.0. The second kappa shape index (κ2) is 11.3. The van der Waals surface area contributed by atoms with Gasteiger partial charge in [0.1, 0.15) is 24.1 Å². The third kappa shape index (κ3) is 6.89. The molecule has 0 unspecified atom stereocenters. The number of nitrogens with one attached hydrogen (secondary N) is 2. The second-order valence-corrected chi connectivity index (χ2v) is 10.2. The molecule has 0 radical (unpaired) electrons. The third-order valence-electron chi connectivity index (χ3n) is 5.24. The van der Waals surface area contributed by atoms with E-state index in [4.69, 9.17) is 18.5 Å². The molecule has 13 heteroatoms. The summed E-state index contributed by atoms with van der Waals surface area (Å²) in [4.78, 5) is 37.9. The number of hydrogen-bond acceptors (Lipinski definition) is 9. The smallest absolute Gasteiger partial charge is 0.459 e. The van der Waals surface area contributed by atoms with Crippen LogP contribution in [0.1, 0.15) is 33.9 Å². The van der Waals surface area contributed by atoms with Gasteiger partial charge in [-0.2, -0.15) is 5.09 Å². The molecular weight excluding hydrogens is 481 g/mol. The number of aliphatic hydroxyl groups is 1. The molecular formula is C22H30N3O9P. The highest BCUT2D eigenvalue weighted by atomic mass is 31.2. The Labute approximate surface area is 201 Å². The van der Waals surface area contributed by atoms with Gasteiger partial charge < -0.3 is 19.1 Å². The summed E-state index contributed by atoms with van der Waals surface area (Å²) in [6, 6.07) is 8.36. The molecule has 1 fully saturated rings. The van der Waals surface area contributed by atoms with Crippen molar-refractivity contribution in [1.29, 1.82) is 0 Å². The quantitative estimate of drug-likeness (QED) is 0.316. The van der Waals surface area contributed by atoms with Gasteiger partial charge in [-0.1, -0.05) is 25.1 Å². The largest absolute Gasteiger partial charge is 0.462 e. The number of benzene rings is 1. The van der Waals surface area contributed by atoms with Gasteiger partial charge in [0.15, 0.2) is 0 Å². The fourth-order valence-corrected chi connectivity index (χ4v) is 4.98. The Bertz CT molecular complexity index is 1170. The highest BCUT2D eigenvalue weighted by Crippen LogP contribution is 2.46. The monoisotopic (exact) mass is 511 g/mol. The van der Waals surface area contributed by atoms with Crippen LogP contribution in [-0.2, 0) is 23.4 Å². The summed E-state index contributed by atoms with van der Waals surface area (Å²) in [5.41, 5.74) is -1.26. The fraction of sp³-hybridized carbons (Fsp3) is 0.500. The van der Waals surface area contributed by atoms with Crippen LogP contribution < -0.4 is 20.9 Å². The van der Waals surface area contributed by atoms with Crippen molar-refractivity contribution >= 4 is 13.7 Å². The zero-order valence-electron chi connectivity index (χ0n) is 19.8. The van der Waals surface area contributed by atoms with Crippen LogP contribution in [0.25, 0.3) is 0 Å². The molecule has 35 heavy (non-hydrogen) atoms. The molecule has 0 bridgehead atoms. The highest BCUT2D eigenvalue weighted by molar-refractivity contribution is 7.52. The molecule has 0 spiro atoms. The van der Waals surface area contributed by atoms with E-state index in [2.05, 4.69) is 10.1 Å². The fourth-order valence-electron chi connectivity index (χ4n) is 3.48. The Morgan fingerprint density at radius 1 is 1.23 bits per heavy atom. The molecule has 192 valence electrons. The van der Waals surface area contributed by atoms with Crippen molar-refractivity contribution in [2.75, 3.05) is 6.61 Å². The molecule has 0 saturated carbocycles. The van der Waals surface area contributed by atoms with E-state index in [0.717, 1.165) is 10.6 Å². The Kier molecular flexibility index (Phi) is 8.68. The molecule has 2 heterocycles. The van der Waals surface area contributed by atoms with Gasteiger partial charge in [-0.15, -0.1) is 0 Å². The van der Waals surface area contributed by atoms with Crippen molar-refractivity contribution < 1.29 is 33.0 Å². The van der Waals surface area contributed by atoms with Crippen molar-refractivity contribution in [3.05, 3.63) is 63.4 Å². The zero-order chi connectivity index (χ0) is 25.8. The molecule has 3 rings (SSSR count). The summed E-state index contributed by atoms with van der Waals surface area (Å²) < 4.78 is 36.8. The number of rotatable bonds is 10.